The minimum absolute atomic E-state index is 0.0414. The number of nitrogens with zero attached hydrogens (tertiary/aromatic N) is 2. The number of imide groups is 1. The SMILES string of the molecule is O=C1C[C@@H](c2ccccc2)C(=O)N1CN1CCC(Cc2ccccc2)CC1. The highest BCUT2D eigenvalue weighted by atomic mass is 16.2. The molecule has 2 aromatic rings. The van der Waals surface area contributed by atoms with Gasteiger partial charge >= 0.3 is 0 Å². The molecule has 0 radical (unpaired) electrons. The number of amides is 2. The van der Waals surface area contributed by atoms with E-state index in [4.69, 9.17) is 0 Å². The molecule has 0 spiro atoms. The number of carbonyl (C=O) groups is 2. The predicted octanol–water partition coefficient (Wildman–Crippen LogP) is 3.44. The minimum atomic E-state index is -0.311. The van der Waals surface area contributed by atoms with Crippen LogP contribution >= 0.6 is 0 Å². The first-order chi connectivity index (χ1) is 13.2. The van der Waals surface area contributed by atoms with E-state index in [0.717, 1.165) is 37.9 Å². The van der Waals surface area contributed by atoms with Gasteiger partial charge in [0.1, 0.15) is 0 Å². The van der Waals surface area contributed by atoms with Crippen molar-refractivity contribution in [3.8, 4) is 0 Å². The molecule has 1 atom stereocenters. The third-order valence-electron chi connectivity index (χ3n) is 5.86. The fourth-order valence-electron chi connectivity index (χ4n) is 4.26. The van der Waals surface area contributed by atoms with Crippen LogP contribution in [-0.2, 0) is 16.0 Å². The van der Waals surface area contributed by atoms with Crippen LogP contribution in [0, 0.1) is 5.92 Å². The van der Waals surface area contributed by atoms with E-state index < -0.39 is 0 Å². The van der Waals surface area contributed by atoms with Gasteiger partial charge in [0.15, 0.2) is 0 Å². The quantitative estimate of drug-likeness (QED) is 0.765. The van der Waals surface area contributed by atoms with Gasteiger partial charge in [-0.05, 0) is 36.3 Å². The Bertz CT molecular complexity index is 783. The molecule has 2 aliphatic heterocycles. The number of hydrogen-bond donors (Lipinski definition) is 0. The third kappa shape index (κ3) is 4.11. The highest BCUT2D eigenvalue weighted by Crippen LogP contribution is 2.30. The summed E-state index contributed by atoms with van der Waals surface area (Å²) in [5.74, 6) is 0.290. The van der Waals surface area contributed by atoms with Crippen LogP contribution in [0.2, 0.25) is 0 Å². The lowest BCUT2D eigenvalue weighted by Gasteiger charge is -2.34. The summed E-state index contributed by atoms with van der Waals surface area (Å²) in [5, 5.41) is 0. The molecule has 27 heavy (non-hydrogen) atoms. The molecule has 140 valence electrons. The molecular formula is C23H26N2O2. The maximum atomic E-state index is 12.8. The summed E-state index contributed by atoms with van der Waals surface area (Å²) in [6.45, 7) is 2.34. The van der Waals surface area contributed by atoms with Gasteiger partial charge < -0.3 is 0 Å². The van der Waals surface area contributed by atoms with Gasteiger partial charge in [-0.1, -0.05) is 60.7 Å². The molecule has 2 heterocycles. The zero-order chi connectivity index (χ0) is 18.6. The first kappa shape index (κ1) is 17.9. The molecule has 4 heteroatoms. The molecule has 2 fully saturated rings. The second-order valence-electron chi connectivity index (χ2n) is 7.72. The van der Waals surface area contributed by atoms with Gasteiger partial charge in [-0.15, -0.1) is 0 Å². The Morgan fingerprint density at radius 2 is 1.48 bits per heavy atom. The van der Waals surface area contributed by atoms with Crippen molar-refractivity contribution in [2.45, 2.75) is 31.6 Å². The summed E-state index contributed by atoms with van der Waals surface area (Å²) in [4.78, 5) is 28.9. The first-order valence-electron chi connectivity index (χ1n) is 9.86. The Labute approximate surface area is 160 Å². The molecule has 2 amide bonds. The standard InChI is InChI=1S/C23H26N2O2/c26-22-16-21(20-9-5-2-6-10-20)23(27)25(22)17-24-13-11-19(12-14-24)15-18-7-3-1-4-8-18/h1-10,19,21H,11-17H2/t21-/m0/s1. The van der Waals surface area contributed by atoms with E-state index in [1.807, 2.05) is 30.3 Å². The van der Waals surface area contributed by atoms with Crippen LogP contribution in [0.15, 0.2) is 60.7 Å². The van der Waals surface area contributed by atoms with E-state index in [-0.39, 0.29) is 17.7 Å². The Morgan fingerprint density at radius 1 is 0.852 bits per heavy atom. The average Bonchev–Trinajstić information content (AvgIpc) is 2.99. The van der Waals surface area contributed by atoms with Crippen molar-refractivity contribution in [3.05, 3.63) is 71.8 Å². The molecule has 4 rings (SSSR count). The molecule has 0 saturated carbocycles. The highest BCUT2D eigenvalue weighted by Gasteiger charge is 2.40. The number of carbonyl (C=O) groups excluding carboxylic acids is 2. The van der Waals surface area contributed by atoms with E-state index >= 15 is 0 Å². The van der Waals surface area contributed by atoms with Crippen molar-refractivity contribution in [1.29, 1.82) is 0 Å². The Morgan fingerprint density at radius 3 is 2.15 bits per heavy atom. The lowest BCUT2D eigenvalue weighted by Crippen LogP contribution is -2.44. The molecular weight excluding hydrogens is 336 g/mol. The zero-order valence-corrected chi connectivity index (χ0v) is 15.6. The van der Waals surface area contributed by atoms with Crippen LogP contribution < -0.4 is 0 Å². The topological polar surface area (TPSA) is 40.6 Å². The number of benzene rings is 2. The predicted molar refractivity (Wildman–Crippen MR) is 105 cm³/mol. The van der Waals surface area contributed by atoms with Crippen molar-refractivity contribution in [2.24, 2.45) is 5.92 Å². The third-order valence-corrected chi connectivity index (χ3v) is 5.86. The maximum Gasteiger partial charge on any atom is 0.238 e. The number of likely N-dealkylation sites (tertiary alicyclic amines) is 2. The minimum Gasteiger partial charge on any atom is -0.286 e. The summed E-state index contributed by atoms with van der Waals surface area (Å²) in [6, 6.07) is 20.3. The molecule has 4 nitrogen and oxygen atoms in total. The van der Waals surface area contributed by atoms with Crippen LogP contribution in [0.4, 0.5) is 0 Å². The molecule has 0 aromatic heterocycles. The normalized spacial score (nSPS) is 21.8. The van der Waals surface area contributed by atoms with Gasteiger partial charge in [0.2, 0.25) is 11.8 Å². The second-order valence-corrected chi connectivity index (χ2v) is 7.72. The van der Waals surface area contributed by atoms with Crippen LogP contribution in [0.25, 0.3) is 0 Å². The maximum absolute atomic E-state index is 12.8. The summed E-state index contributed by atoms with van der Waals surface area (Å²) in [6.07, 6.45) is 3.65. The van der Waals surface area contributed by atoms with E-state index in [0.29, 0.717) is 19.0 Å². The van der Waals surface area contributed by atoms with Gasteiger partial charge in [-0.2, -0.15) is 0 Å². The van der Waals surface area contributed by atoms with E-state index in [1.54, 1.807) is 0 Å². The van der Waals surface area contributed by atoms with Crippen molar-refractivity contribution < 1.29 is 9.59 Å². The number of hydrogen-bond acceptors (Lipinski definition) is 3. The number of piperidine rings is 1. The molecule has 2 aromatic carbocycles. The van der Waals surface area contributed by atoms with Crippen LogP contribution in [0.1, 0.15) is 36.3 Å². The van der Waals surface area contributed by atoms with Gasteiger partial charge in [0.05, 0.1) is 12.6 Å². The van der Waals surface area contributed by atoms with E-state index in [2.05, 4.69) is 35.2 Å². The smallest absolute Gasteiger partial charge is 0.238 e. The Kier molecular flexibility index (Phi) is 5.35. The fraction of sp³-hybridized carbons (Fsp3) is 0.391. The van der Waals surface area contributed by atoms with Crippen LogP contribution in [0.3, 0.4) is 0 Å². The first-order valence-corrected chi connectivity index (χ1v) is 9.86. The average molecular weight is 362 g/mol. The molecule has 2 aliphatic rings. The summed E-state index contributed by atoms with van der Waals surface area (Å²) >= 11 is 0. The molecule has 0 N–H and O–H groups in total. The molecule has 0 unspecified atom stereocenters. The van der Waals surface area contributed by atoms with Gasteiger partial charge in [0, 0.05) is 19.5 Å². The van der Waals surface area contributed by atoms with Crippen molar-refractivity contribution >= 4 is 11.8 Å². The van der Waals surface area contributed by atoms with Gasteiger partial charge in [0.25, 0.3) is 0 Å². The summed E-state index contributed by atoms with van der Waals surface area (Å²) in [5.41, 5.74) is 2.34. The summed E-state index contributed by atoms with van der Waals surface area (Å²) < 4.78 is 0. The zero-order valence-electron chi connectivity index (χ0n) is 15.6. The Balaban J connectivity index is 1.31. The second kappa shape index (κ2) is 8.05. The number of rotatable bonds is 5. The lowest BCUT2D eigenvalue weighted by molar-refractivity contribution is -0.141. The van der Waals surface area contributed by atoms with Gasteiger partial charge in [-0.3, -0.25) is 19.4 Å². The molecule has 0 aliphatic carbocycles. The Hall–Kier alpha value is -2.46. The largest absolute Gasteiger partial charge is 0.286 e. The fourth-order valence-corrected chi connectivity index (χ4v) is 4.26. The van der Waals surface area contributed by atoms with E-state index in [9.17, 15) is 9.59 Å². The highest BCUT2D eigenvalue weighted by molar-refractivity contribution is 6.06. The monoisotopic (exact) mass is 362 g/mol. The summed E-state index contributed by atoms with van der Waals surface area (Å²) in [7, 11) is 0. The lowest BCUT2D eigenvalue weighted by atomic mass is 9.90. The van der Waals surface area contributed by atoms with Crippen LogP contribution in [0.5, 0.6) is 0 Å². The molecule has 0 bridgehead atoms. The van der Waals surface area contributed by atoms with Crippen molar-refractivity contribution in [2.75, 3.05) is 19.8 Å². The van der Waals surface area contributed by atoms with Crippen LogP contribution in [-0.4, -0.2) is 41.4 Å². The molecule has 2 saturated heterocycles. The van der Waals surface area contributed by atoms with Crippen molar-refractivity contribution in [3.63, 3.8) is 0 Å². The van der Waals surface area contributed by atoms with E-state index in [1.165, 1.54) is 10.5 Å². The van der Waals surface area contributed by atoms with Gasteiger partial charge in [-0.25, -0.2) is 0 Å². The van der Waals surface area contributed by atoms with Crippen molar-refractivity contribution in [1.82, 2.24) is 9.80 Å².